The molecule has 0 fully saturated rings. The molecule has 0 radical (unpaired) electrons. The van der Waals surface area contributed by atoms with Gasteiger partial charge in [0.1, 0.15) is 6.54 Å². The summed E-state index contributed by atoms with van der Waals surface area (Å²) in [6.07, 6.45) is 0.137. The van der Waals surface area contributed by atoms with Gasteiger partial charge in [-0.05, 0) is 40.2 Å². The van der Waals surface area contributed by atoms with Crippen LogP contribution in [0, 0.1) is 0 Å². The van der Waals surface area contributed by atoms with Gasteiger partial charge in [-0.15, -0.1) is 6.58 Å². The monoisotopic (exact) mass is 387 g/mol. The summed E-state index contributed by atoms with van der Waals surface area (Å²) in [7, 11) is 0. The molecule has 0 spiro atoms. The van der Waals surface area contributed by atoms with Gasteiger partial charge in [-0.25, -0.2) is 4.68 Å². The molecule has 0 N–H and O–H groups in total. The third-order valence-electron chi connectivity index (χ3n) is 2.94. The second-order valence-electron chi connectivity index (χ2n) is 4.74. The fourth-order valence-corrected chi connectivity index (χ4v) is 2.26. The Kier molecular flexibility index (Phi) is 5.25. The molecule has 2 rings (SSSR count). The largest absolute Gasteiger partial charge is 0.406 e. The molecule has 1 heterocycles. The van der Waals surface area contributed by atoms with E-state index in [1.165, 1.54) is 18.2 Å². The van der Waals surface area contributed by atoms with Crippen LogP contribution in [-0.4, -0.2) is 39.9 Å². The van der Waals surface area contributed by atoms with E-state index in [4.69, 9.17) is 0 Å². The molecule has 0 aliphatic rings. The molecule has 0 bridgehead atoms. The Balaban J connectivity index is 2.19. The lowest BCUT2D eigenvalue weighted by atomic mass is 10.1. The molecule has 0 atom stereocenters. The summed E-state index contributed by atoms with van der Waals surface area (Å²) in [5.74, 6) is -0.699. The number of hydrogen-bond donors (Lipinski definition) is 0. The average molecular weight is 388 g/mol. The molecule has 0 saturated heterocycles. The van der Waals surface area contributed by atoms with Crippen molar-refractivity contribution < 1.29 is 18.0 Å². The van der Waals surface area contributed by atoms with Crippen molar-refractivity contribution >= 4 is 21.8 Å². The zero-order valence-electron chi connectivity index (χ0n) is 11.9. The normalized spacial score (nSPS) is 11.3. The van der Waals surface area contributed by atoms with Crippen molar-refractivity contribution in [3.05, 3.63) is 59.4 Å². The van der Waals surface area contributed by atoms with Crippen LogP contribution in [0.4, 0.5) is 13.2 Å². The zero-order valence-corrected chi connectivity index (χ0v) is 13.5. The summed E-state index contributed by atoms with van der Waals surface area (Å²) < 4.78 is 40.0. The standard InChI is InChI=1S/C15H13BrF3N3O/c1-2-7-21(10-15(17,18)19)14(23)11-3-5-13(6-4-11)22-9-12(16)8-20-22/h2-6,8-9H,1,7,10H2. The van der Waals surface area contributed by atoms with Crippen molar-refractivity contribution in [3.8, 4) is 5.69 Å². The third-order valence-corrected chi connectivity index (χ3v) is 3.35. The van der Waals surface area contributed by atoms with E-state index in [9.17, 15) is 18.0 Å². The molecule has 1 amide bonds. The summed E-state index contributed by atoms with van der Waals surface area (Å²) in [6.45, 7) is 1.90. The second-order valence-corrected chi connectivity index (χ2v) is 5.66. The molecule has 23 heavy (non-hydrogen) atoms. The van der Waals surface area contributed by atoms with Gasteiger partial charge < -0.3 is 4.90 Å². The predicted octanol–water partition coefficient (Wildman–Crippen LogP) is 3.83. The Morgan fingerprint density at radius 3 is 2.48 bits per heavy atom. The number of carbonyl (C=O) groups is 1. The zero-order chi connectivity index (χ0) is 17.0. The van der Waals surface area contributed by atoms with E-state index in [0.717, 1.165) is 4.47 Å². The maximum Gasteiger partial charge on any atom is 0.406 e. The van der Waals surface area contributed by atoms with Gasteiger partial charge in [0, 0.05) is 18.3 Å². The fourth-order valence-electron chi connectivity index (χ4n) is 1.97. The molecule has 4 nitrogen and oxygen atoms in total. The minimum Gasteiger partial charge on any atom is -0.326 e. The number of nitrogens with zero attached hydrogens (tertiary/aromatic N) is 3. The van der Waals surface area contributed by atoms with Crippen molar-refractivity contribution in [1.82, 2.24) is 14.7 Å². The van der Waals surface area contributed by atoms with E-state index >= 15 is 0 Å². The van der Waals surface area contributed by atoms with Crippen molar-refractivity contribution in [1.29, 1.82) is 0 Å². The Bertz CT molecular complexity index is 695. The Hall–Kier alpha value is -2.09. The number of benzene rings is 1. The molecular formula is C15H13BrF3N3O. The number of aromatic nitrogens is 2. The van der Waals surface area contributed by atoms with Crippen molar-refractivity contribution in [2.24, 2.45) is 0 Å². The van der Waals surface area contributed by atoms with Crippen molar-refractivity contribution in [2.75, 3.05) is 13.1 Å². The molecule has 2 aromatic rings. The van der Waals surface area contributed by atoms with E-state index in [0.29, 0.717) is 10.6 Å². The molecule has 0 unspecified atom stereocenters. The first-order chi connectivity index (χ1) is 10.8. The van der Waals surface area contributed by atoms with E-state index in [-0.39, 0.29) is 12.1 Å². The highest BCUT2D eigenvalue weighted by Crippen LogP contribution is 2.19. The van der Waals surface area contributed by atoms with Crippen LogP contribution >= 0.6 is 15.9 Å². The van der Waals surface area contributed by atoms with E-state index < -0.39 is 18.6 Å². The topological polar surface area (TPSA) is 38.1 Å². The Morgan fingerprint density at radius 1 is 1.35 bits per heavy atom. The average Bonchev–Trinajstić information content (AvgIpc) is 2.91. The van der Waals surface area contributed by atoms with Crippen LogP contribution in [-0.2, 0) is 0 Å². The number of halogens is 4. The lowest BCUT2D eigenvalue weighted by Crippen LogP contribution is -2.39. The van der Waals surface area contributed by atoms with Gasteiger partial charge in [0.25, 0.3) is 5.91 Å². The maximum absolute atomic E-state index is 12.5. The number of hydrogen-bond acceptors (Lipinski definition) is 2. The molecule has 8 heteroatoms. The van der Waals surface area contributed by atoms with Crippen molar-refractivity contribution in [2.45, 2.75) is 6.18 Å². The van der Waals surface area contributed by atoms with Gasteiger partial charge in [0.15, 0.2) is 0 Å². The predicted molar refractivity (Wildman–Crippen MR) is 83.4 cm³/mol. The molecule has 122 valence electrons. The van der Waals surface area contributed by atoms with Gasteiger partial charge in [-0.3, -0.25) is 4.79 Å². The lowest BCUT2D eigenvalue weighted by Gasteiger charge is -2.22. The highest BCUT2D eigenvalue weighted by molar-refractivity contribution is 9.10. The molecular weight excluding hydrogens is 375 g/mol. The lowest BCUT2D eigenvalue weighted by molar-refractivity contribution is -0.139. The molecule has 0 saturated carbocycles. The molecule has 1 aromatic carbocycles. The summed E-state index contributed by atoms with van der Waals surface area (Å²) in [4.78, 5) is 12.9. The highest BCUT2D eigenvalue weighted by Gasteiger charge is 2.32. The fraction of sp³-hybridized carbons (Fsp3) is 0.200. The molecule has 0 aliphatic heterocycles. The first kappa shape index (κ1) is 17.3. The maximum atomic E-state index is 12.5. The highest BCUT2D eigenvalue weighted by atomic mass is 79.9. The third kappa shape index (κ3) is 4.69. The summed E-state index contributed by atoms with van der Waals surface area (Å²) >= 11 is 3.27. The van der Waals surface area contributed by atoms with Crippen LogP contribution in [0.5, 0.6) is 0 Å². The van der Waals surface area contributed by atoms with Crippen LogP contribution in [0.2, 0.25) is 0 Å². The van der Waals surface area contributed by atoms with Gasteiger partial charge in [-0.1, -0.05) is 6.08 Å². The summed E-state index contributed by atoms with van der Waals surface area (Å²) in [5, 5.41) is 4.09. The van der Waals surface area contributed by atoms with Crippen molar-refractivity contribution in [3.63, 3.8) is 0 Å². The van der Waals surface area contributed by atoms with Gasteiger partial charge in [0.2, 0.25) is 0 Å². The quantitative estimate of drug-likeness (QED) is 0.731. The van der Waals surface area contributed by atoms with Crippen LogP contribution in [0.15, 0.2) is 53.8 Å². The van der Waals surface area contributed by atoms with Crippen LogP contribution in [0.25, 0.3) is 5.69 Å². The first-order valence-electron chi connectivity index (χ1n) is 6.57. The molecule has 1 aromatic heterocycles. The summed E-state index contributed by atoms with van der Waals surface area (Å²) in [6, 6.07) is 6.18. The van der Waals surface area contributed by atoms with E-state index in [2.05, 4.69) is 27.6 Å². The van der Waals surface area contributed by atoms with E-state index in [1.807, 2.05) is 0 Å². The minimum atomic E-state index is -4.46. The van der Waals surface area contributed by atoms with Crippen LogP contribution in [0.1, 0.15) is 10.4 Å². The number of carbonyl (C=O) groups excluding carboxylic acids is 1. The summed E-state index contributed by atoms with van der Waals surface area (Å²) in [5.41, 5.74) is 0.865. The number of amides is 1. The smallest absolute Gasteiger partial charge is 0.326 e. The van der Waals surface area contributed by atoms with Crippen LogP contribution < -0.4 is 0 Å². The van der Waals surface area contributed by atoms with Gasteiger partial charge >= 0.3 is 6.18 Å². The second kappa shape index (κ2) is 6.99. The van der Waals surface area contributed by atoms with Gasteiger partial charge in [-0.2, -0.15) is 18.3 Å². The SMILES string of the molecule is C=CCN(CC(F)(F)F)C(=O)c1ccc(-n2cc(Br)cn2)cc1. The minimum absolute atomic E-state index is 0.172. The Morgan fingerprint density at radius 2 is 2.00 bits per heavy atom. The number of alkyl halides is 3. The molecule has 0 aliphatic carbocycles. The number of rotatable bonds is 5. The Labute approximate surface area is 139 Å². The first-order valence-corrected chi connectivity index (χ1v) is 7.37. The van der Waals surface area contributed by atoms with E-state index in [1.54, 1.807) is 29.2 Å². The van der Waals surface area contributed by atoms with Gasteiger partial charge in [0.05, 0.1) is 16.4 Å². The van der Waals surface area contributed by atoms with Crippen LogP contribution in [0.3, 0.4) is 0 Å².